The second-order valence-electron chi connectivity index (χ2n) is 4.67. The monoisotopic (exact) mass is 227 g/mol. The van der Waals surface area contributed by atoms with E-state index in [9.17, 15) is 9.59 Å². The van der Waals surface area contributed by atoms with Gasteiger partial charge in [-0.1, -0.05) is 26.2 Å². The maximum Gasteiger partial charge on any atom is 0.310 e. The first-order chi connectivity index (χ1) is 7.60. The SMILES string of the molecule is CCCCCNC(=O)CC1(C(=O)O)CCC1. The van der Waals surface area contributed by atoms with E-state index >= 15 is 0 Å². The van der Waals surface area contributed by atoms with E-state index in [1.165, 1.54) is 0 Å². The Hall–Kier alpha value is -1.06. The van der Waals surface area contributed by atoms with Crippen LogP contribution in [0.25, 0.3) is 0 Å². The van der Waals surface area contributed by atoms with Gasteiger partial charge in [0, 0.05) is 13.0 Å². The molecule has 0 bridgehead atoms. The van der Waals surface area contributed by atoms with Gasteiger partial charge in [0.15, 0.2) is 0 Å². The van der Waals surface area contributed by atoms with Crippen LogP contribution < -0.4 is 5.32 Å². The fourth-order valence-corrected chi connectivity index (χ4v) is 2.04. The van der Waals surface area contributed by atoms with E-state index in [1.54, 1.807) is 0 Å². The summed E-state index contributed by atoms with van der Waals surface area (Å²) in [6.07, 6.45) is 5.56. The van der Waals surface area contributed by atoms with Crippen LogP contribution in [0.2, 0.25) is 0 Å². The maximum atomic E-state index is 11.5. The summed E-state index contributed by atoms with van der Waals surface area (Å²) < 4.78 is 0. The molecule has 0 aromatic heterocycles. The summed E-state index contributed by atoms with van der Waals surface area (Å²) in [7, 11) is 0. The molecular weight excluding hydrogens is 206 g/mol. The summed E-state index contributed by atoms with van der Waals surface area (Å²) in [4.78, 5) is 22.6. The lowest BCUT2D eigenvalue weighted by atomic mass is 9.66. The fourth-order valence-electron chi connectivity index (χ4n) is 2.04. The molecule has 16 heavy (non-hydrogen) atoms. The molecule has 1 rings (SSSR count). The third kappa shape index (κ3) is 3.22. The Labute approximate surface area is 96.4 Å². The van der Waals surface area contributed by atoms with Crippen molar-refractivity contribution in [2.24, 2.45) is 5.41 Å². The maximum absolute atomic E-state index is 11.5. The minimum Gasteiger partial charge on any atom is -0.481 e. The van der Waals surface area contributed by atoms with E-state index in [0.717, 1.165) is 25.7 Å². The molecule has 4 heteroatoms. The zero-order chi connectivity index (χ0) is 12.0. The molecule has 0 radical (unpaired) electrons. The fraction of sp³-hybridized carbons (Fsp3) is 0.833. The zero-order valence-electron chi connectivity index (χ0n) is 9.92. The predicted octanol–water partition coefficient (Wildman–Crippen LogP) is 1.94. The molecule has 1 amide bonds. The summed E-state index contributed by atoms with van der Waals surface area (Å²) in [5, 5.41) is 11.9. The second kappa shape index (κ2) is 5.87. The Bertz CT molecular complexity index is 259. The van der Waals surface area contributed by atoms with Crippen LogP contribution in [0.4, 0.5) is 0 Å². The first-order valence-electron chi connectivity index (χ1n) is 6.11. The van der Waals surface area contributed by atoms with E-state index in [2.05, 4.69) is 12.2 Å². The molecule has 0 spiro atoms. The van der Waals surface area contributed by atoms with Crippen LogP contribution in [0, 0.1) is 5.41 Å². The summed E-state index contributed by atoms with van der Waals surface area (Å²) in [6.45, 7) is 2.78. The molecule has 0 aromatic rings. The molecule has 0 aromatic carbocycles. The van der Waals surface area contributed by atoms with E-state index in [0.29, 0.717) is 19.4 Å². The molecule has 0 aliphatic heterocycles. The minimum atomic E-state index is -0.817. The average Bonchev–Trinajstić information content (AvgIpc) is 2.18. The van der Waals surface area contributed by atoms with E-state index in [1.807, 2.05) is 0 Å². The molecule has 0 saturated heterocycles. The average molecular weight is 227 g/mol. The van der Waals surface area contributed by atoms with E-state index < -0.39 is 11.4 Å². The molecule has 1 aliphatic rings. The van der Waals surface area contributed by atoms with Gasteiger partial charge in [0.25, 0.3) is 0 Å². The lowest BCUT2D eigenvalue weighted by Gasteiger charge is -2.36. The highest BCUT2D eigenvalue weighted by atomic mass is 16.4. The normalized spacial score (nSPS) is 17.6. The van der Waals surface area contributed by atoms with Gasteiger partial charge in [-0.2, -0.15) is 0 Å². The van der Waals surface area contributed by atoms with Crippen molar-refractivity contribution >= 4 is 11.9 Å². The lowest BCUT2D eigenvalue weighted by Crippen LogP contribution is -2.42. The highest BCUT2D eigenvalue weighted by molar-refractivity contribution is 5.85. The van der Waals surface area contributed by atoms with Crippen LogP contribution >= 0.6 is 0 Å². The van der Waals surface area contributed by atoms with Crippen molar-refractivity contribution in [1.82, 2.24) is 5.32 Å². The largest absolute Gasteiger partial charge is 0.481 e. The number of amides is 1. The highest BCUT2D eigenvalue weighted by Crippen LogP contribution is 2.44. The van der Waals surface area contributed by atoms with E-state index in [-0.39, 0.29) is 12.3 Å². The number of hydrogen-bond acceptors (Lipinski definition) is 2. The van der Waals surface area contributed by atoms with Crippen LogP contribution in [0.1, 0.15) is 51.9 Å². The lowest BCUT2D eigenvalue weighted by molar-refractivity contribution is -0.157. The van der Waals surface area contributed by atoms with Crippen molar-refractivity contribution in [2.75, 3.05) is 6.54 Å². The number of aliphatic carboxylic acids is 1. The van der Waals surface area contributed by atoms with Gasteiger partial charge in [0.05, 0.1) is 5.41 Å². The number of unbranched alkanes of at least 4 members (excludes halogenated alkanes) is 2. The van der Waals surface area contributed by atoms with Gasteiger partial charge in [-0.25, -0.2) is 0 Å². The first kappa shape index (κ1) is 13.0. The van der Waals surface area contributed by atoms with Gasteiger partial charge < -0.3 is 10.4 Å². The standard InChI is InChI=1S/C12H21NO3/c1-2-3-4-8-13-10(14)9-12(11(15)16)6-5-7-12/h2-9H2,1H3,(H,13,14)(H,15,16). The predicted molar refractivity (Wildman–Crippen MR) is 61.1 cm³/mol. The van der Waals surface area contributed by atoms with Crippen LogP contribution in [0.5, 0.6) is 0 Å². The van der Waals surface area contributed by atoms with Crippen molar-refractivity contribution in [3.8, 4) is 0 Å². The summed E-state index contributed by atoms with van der Waals surface area (Å²) in [5.41, 5.74) is -0.755. The third-order valence-corrected chi connectivity index (χ3v) is 3.37. The number of hydrogen-bond donors (Lipinski definition) is 2. The first-order valence-corrected chi connectivity index (χ1v) is 6.11. The summed E-state index contributed by atoms with van der Waals surface area (Å²) >= 11 is 0. The van der Waals surface area contributed by atoms with Gasteiger partial charge in [-0.3, -0.25) is 9.59 Å². The Morgan fingerprint density at radius 1 is 1.31 bits per heavy atom. The zero-order valence-corrected chi connectivity index (χ0v) is 9.92. The van der Waals surface area contributed by atoms with Crippen LogP contribution in [-0.4, -0.2) is 23.5 Å². The molecule has 92 valence electrons. The highest BCUT2D eigenvalue weighted by Gasteiger charge is 2.45. The topological polar surface area (TPSA) is 66.4 Å². The smallest absolute Gasteiger partial charge is 0.310 e. The van der Waals surface area contributed by atoms with Gasteiger partial charge in [0.1, 0.15) is 0 Å². The van der Waals surface area contributed by atoms with Crippen molar-refractivity contribution in [3.05, 3.63) is 0 Å². The van der Waals surface area contributed by atoms with Crippen LogP contribution in [0.3, 0.4) is 0 Å². The number of rotatable bonds is 7. The minimum absolute atomic E-state index is 0.113. The molecule has 1 saturated carbocycles. The van der Waals surface area contributed by atoms with Gasteiger partial charge in [0.2, 0.25) is 5.91 Å². The molecule has 0 heterocycles. The Morgan fingerprint density at radius 3 is 2.44 bits per heavy atom. The number of carboxylic acids is 1. The molecule has 0 atom stereocenters. The quantitative estimate of drug-likeness (QED) is 0.653. The number of carboxylic acid groups (broad SMARTS) is 1. The third-order valence-electron chi connectivity index (χ3n) is 3.37. The van der Waals surface area contributed by atoms with Crippen molar-refractivity contribution in [3.63, 3.8) is 0 Å². The van der Waals surface area contributed by atoms with Crippen molar-refractivity contribution in [2.45, 2.75) is 51.9 Å². The molecule has 4 nitrogen and oxygen atoms in total. The van der Waals surface area contributed by atoms with Crippen LogP contribution in [0.15, 0.2) is 0 Å². The van der Waals surface area contributed by atoms with Crippen molar-refractivity contribution in [1.29, 1.82) is 0 Å². The molecule has 1 aliphatic carbocycles. The molecular formula is C12H21NO3. The van der Waals surface area contributed by atoms with Crippen molar-refractivity contribution < 1.29 is 14.7 Å². The molecule has 1 fully saturated rings. The summed E-state index contributed by atoms with van der Waals surface area (Å²) in [5.74, 6) is -0.930. The number of carbonyl (C=O) groups is 2. The number of nitrogens with one attached hydrogen (secondary N) is 1. The Morgan fingerprint density at radius 2 is 2.00 bits per heavy atom. The van der Waals surface area contributed by atoms with E-state index in [4.69, 9.17) is 5.11 Å². The Balaban J connectivity index is 2.25. The van der Waals surface area contributed by atoms with Gasteiger partial charge in [-0.05, 0) is 19.3 Å². The molecule has 2 N–H and O–H groups in total. The van der Waals surface area contributed by atoms with Crippen LogP contribution in [-0.2, 0) is 9.59 Å². The number of carbonyl (C=O) groups excluding carboxylic acids is 1. The second-order valence-corrected chi connectivity index (χ2v) is 4.67. The van der Waals surface area contributed by atoms with Gasteiger partial charge in [-0.15, -0.1) is 0 Å². The summed E-state index contributed by atoms with van der Waals surface area (Å²) in [6, 6.07) is 0. The molecule has 0 unspecified atom stereocenters. The Kier molecular flexibility index (Phi) is 4.77. The van der Waals surface area contributed by atoms with Gasteiger partial charge >= 0.3 is 5.97 Å².